The average molecular weight is 394 g/mol. The molecule has 3 rings (SSSR count). The molecule has 1 heterocycles. The van der Waals surface area contributed by atoms with Crippen molar-refractivity contribution < 1.29 is 19.1 Å². The normalized spacial score (nSPS) is 16.7. The Bertz CT molecular complexity index is 938. The summed E-state index contributed by atoms with van der Waals surface area (Å²) in [4.78, 5) is 24.1. The van der Waals surface area contributed by atoms with Crippen LogP contribution in [0.25, 0.3) is 0 Å². The quantitative estimate of drug-likeness (QED) is 0.745. The highest BCUT2D eigenvalue weighted by molar-refractivity contribution is 5.94. The molecule has 0 spiro atoms. The van der Waals surface area contributed by atoms with Gasteiger partial charge in [-0.05, 0) is 47.7 Å². The van der Waals surface area contributed by atoms with Crippen molar-refractivity contribution in [3.63, 3.8) is 0 Å². The number of amides is 2. The van der Waals surface area contributed by atoms with Crippen molar-refractivity contribution in [3.05, 3.63) is 70.9 Å². The summed E-state index contributed by atoms with van der Waals surface area (Å²) in [5.41, 5.74) is 2.93. The number of ether oxygens (including phenoxy) is 2. The number of carbonyl (C=O) groups excluding carboxylic acids is 2. The Morgan fingerprint density at radius 2 is 1.52 bits per heavy atom. The third-order valence-electron chi connectivity index (χ3n) is 4.84. The van der Waals surface area contributed by atoms with Crippen LogP contribution in [0.1, 0.15) is 44.9 Å². The van der Waals surface area contributed by atoms with Gasteiger partial charge in [0.05, 0.1) is 18.7 Å². The van der Waals surface area contributed by atoms with Crippen LogP contribution in [0.3, 0.4) is 0 Å². The molecule has 0 radical (unpaired) electrons. The molecule has 6 heteroatoms. The monoisotopic (exact) mass is 394 g/mol. The van der Waals surface area contributed by atoms with E-state index >= 15 is 0 Å². The summed E-state index contributed by atoms with van der Waals surface area (Å²) >= 11 is 0. The maximum atomic E-state index is 12.2. The maximum Gasteiger partial charge on any atom is 0.337 e. The van der Waals surface area contributed by atoms with Crippen LogP contribution in [0.5, 0.6) is 11.5 Å². The fourth-order valence-electron chi connectivity index (χ4n) is 3.21. The van der Waals surface area contributed by atoms with E-state index in [4.69, 9.17) is 9.47 Å². The molecule has 0 saturated carbocycles. The van der Waals surface area contributed by atoms with Crippen molar-refractivity contribution in [3.8, 4) is 11.5 Å². The van der Waals surface area contributed by atoms with Gasteiger partial charge in [0.25, 0.3) is 0 Å². The van der Waals surface area contributed by atoms with Crippen LogP contribution < -0.4 is 15.4 Å². The smallest absolute Gasteiger partial charge is 0.337 e. The summed E-state index contributed by atoms with van der Waals surface area (Å²) in [6, 6.07) is 14.3. The van der Waals surface area contributed by atoms with Crippen molar-refractivity contribution in [2.24, 2.45) is 0 Å². The molecule has 2 amide bonds. The minimum absolute atomic E-state index is 0.0858. The number of allylic oxidation sites excluding steroid dienone is 1. The topological polar surface area (TPSA) is 76.7 Å². The van der Waals surface area contributed by atoms with E-state index in [-0.39, 0.29) is 11.4 Å². The molecule has 1 aliphatic heterocycles. The molecule has 0 aromatic heterocycles. The number of carbonyl (C=O) groups is 2. The molecule has 0 saturated heterocycles. The van der Waals surface area contributed by atoms with Crippen LogP contribution in [0.2, 0.25) is 0 Å². The van der Waals surface area contributed by atoms with Gasteiger partial charge in [-0.3, -0.25) is 0 Å². The van der Waals surface area contributed by atoms with Gasteiger partial charge in [-0.25, -0.2) is 9.59 Å². The van der Waals surface area contributed by atoms with E-state index in [1.165, 1.54) is 12.7 Å². The lowest BCUT2D eigenvalue weighted by molar-refractivity contribution is -0.136. The molecule has 2 N–H and O–H groups in total. The zero-order valence-electron chi connectivity index (χ0n) is 17.3. The van der Waals surface area contributed by atoms with Crippen molar-refractivity contribution in [2.75, 3.05) is 7.11 Å². The largest absolute Gasteiger partial charge is 0.466 e. The zero-order valence-corrected chi connectivity index (χ0v) is 17.3. The lowest BCUT2D eigenvalue weighted by atomic mass is 9.87. The lowest BCUT2D eigenvalue weighted by Gasteiger charge is -2.27. The third kappa shape index (κ3) is 4.59. The number of methoxy groups -OCH3 is 1. The minimum Gasteiger partial charge on any atom is -0.466 e. The van der Waals surface area contributed by atoms with Crippen molar-refractivity contribution >= 4 is 12.0 Å². The van der Waals surface area contributed by atoms with Crippen molar-refractivity contribution in [1.29, 1.82) is 0 Å². The Hall–Kier alpha value is -3.28. The van der Waals surface area contributed by atoms with Crippen molar-refractivity contribution in [2.45, 2.75) is 39.2 Å². The van der Waals surface area contributed by atoms with E-state index in [2.05, 4.69) is 43.5 Å². The van der Waals surface area contributed by atoms with Gasteiger partial charge >= 0.3 is 12.0 Å². The molecule has 0 bridgehead atoms. The van der Waals surface area contributed by atoms with Gasteiger partial charge in [0.1, 0.15) is 11.5 Å². The SMILES string of the molecule is COC(=O)C1=C(C)NC(=O)NC1c1ccc(Oc2ccc(C(C)(C)C)cc2)cc1. The standard InChI is InChI=1S/C23H26N2O4/c1-14-19(21(26)28-5)20(25-22(27)24-14)15-6-10-17(11-7-15)29-18-12-8-16(9-13-18)23(2,3)4/h6-13,20H,1-5H3,(H2,24,25,27). The number of rotatable bonds is 4. The Kier molecular flexibility index (Phi) is 5.64. The number of hydrogen-bond donors (Lipinski definition) is 2. The molecule has 6 nitrogen and oxygen atoms in total. The lowest BCUT2D eigenvalue weighted by Crippen LogP contribution is -2.45. The van der Waals surface area contributed by atoms with Crippen LogP contribution in [-0.2, 0) is 14.9 Å². The van der Waals surface area contributed by atoms with Gasteiger partial charge in [-0.15, -0.1) is 0 Å². The molecule has 2 aromatic carbocycles. The second kappa shape index (κ2) is 7.99. The highest BCUT2D eigenvalue weighted by atomic mass is 16.5. The van der Waals surface area contributed by atoms with E-state index in [0.29, 0.717) is 17.0 Å². The minimum atomic E-state index is -0.587. The third-order valence-corrected chi connectivity index (χ3v) is 4.84. The van der Waals surface area contributed by atoms with Crippen molar-refractivity contribution in [1.82, 2.24) is 10.6 Å². The Balaban J connectivity index is 1.80. The first-order valence-corrected chi connectivity index (χ1v) is 9.44. The summed E-state index contributed by atoms with van der Waals surface area (Å²) < 4.78 is 10.8. The van der Waals surface area contributed by atoms with Gasteiger partial charge in [-0.1, -0.05) is 45.0 Å². The van der Waals surface area contributed by atoms with Crippen LogP contribution in [0.15, 0.2) is 59.8 Å². The first-order valence-electron chi connectivity index (χ1n) is 9.44. The second-order valence-corrected chi connectivity index (χ2v) is 8.01. The number of esters is 1. The van der Waals surface area contributed by atoms with Gasteiger partial charge in [0.2, 0.25) is 0 Å². The first kappa shape index (κ1) is 20.5. The number of nitrogens with one attached hydrogen (secondary N) is 2. The predicted octanol–water partition coefficient (Wildman–Crippen LogP) is 4.58. The Labute approximate surface area is 170 Å². The molecular weight excluding hydrogens is 368 g/mol. The summed E-state index contributed by atoms with van der Waals surface area (Å²) in [6.45, 7) is 8.18. The van der Waals surface area contributed by atoms with Crippen LogP contribution in [0, 0.1) is 0 Å². The van der Waals surface area contributed by atoms with Gasteiger partial charge < -0.3 is 20.1 Å². The number of benzene rings is 2. The first-order chi connectivity index (χ1) is 13.7. The molecule has 0 aliphatic carbocycles. The fourth-order valence-corrected chi connectivity index (χ4v) is 3.21. The molecule has 2 aromatic rings. The second-order valence-electron chi connectivity index (χ2n) is 8.01. The maximum absolute atomic E-state index is 12.2. The summed E-state index contributed by atoms with van der Waals surface area (Å²) in [5.74, 6) is 0.920. The van der Waals surface area contributed by atoms with E-state index in [1.807, 2.05) is 36.4 Å². The Morgan fingerprint density at radius 1 is 0.966 bits per heavy atom. The van der Waals surface area contributed by atoms with Gasteiger partial charge in [-0.2, -0.15) is 0 Å². The van der Waals surface area contributed by atoms with E-state index in [9.17, 15) is 9.59 Å². The molecule has 152 valence electrons. The molecule has 1 aliphatic rings. The Morgan fingerprint density at radius 3 is 2.03 bits per heavy atom. The molecule has 0 fully saturated rings. The summed E-state index contributed by atoms with van der Waals surface area (Å²) in [5, 5.41) is 5.38. The summed E-state index contributed by atoms with van der Waals surface area (Å²) in [7, 11) is 1.32. The highest BCUT2D eigenvalue weighted by Crippen LogP contribution is 2.31. The molecule has 1 atom stereocenters. The molecule has 29 heavy (non-hydrogen) atoms. The highest BCUT2D eigenvalue weighted by Gasteiger charge is 2.31. The van der Waals surface area contributed by atoms with E-state index < -0.39 is 12.0 Å². The molecule has 1 unspecified atom stereocenters. The number of hydrogen-bond acceptors (Lipinski definition) is 4. The van der Waals surface area contributed by atoms with Crippen LogP contribution in [-0.4, -0.2) is 19.1 Å². The van der Waals surface area contributed by atoms with Gasteiger partial charge in [0, 0.05) is 5.70 Å². The van der Waals surface area contributed by atoms with Crippen LogP contribution in [0.4, 0.5) is 4.79 Å². The fraction of sp³-hybridized carbons (Fsp3) is 0.304. The predicted molar refractivity (Wildman–Crippen MR) is 111 cm³/mol. The molecular formula is C23H26N2O4. The van der Waals surface area contributed by atoms with Crippen LogP contribution >= 0.6 is 0 Å². The van der Waals surface area contributed by atoms with E-state index in [0.717, 1.165) is 11.3 Å². The average Bonchev–Trinajstić information content (AvgIpc) is 2.67. The number of urea groups is 1. The van der Waals surface area contributed by atoms with E-state index in [1.54, 1.807) is 6.92 Å². The zero-order chi connectivity index (χ0) is 21.2. The summed E-state index contributed by atoms with van der Waals surface area (Å²) in [6.07, 6.45) is 0. The van der Waals surface area contributed by atoms with Gasteiger partial charge in [0.15, 0.2) is 0 Å².